The number of anilines is 1. The number of hydrogen-bond donors (Lipinski definition) is 1. The Morgan fingerprint density at radius 3 is 1.93 bits per heavy atom. The van der Waals surface area contributed by atoms with Crippen LogP contribution in [0, 0.1) is 0 Å². The predicted octanol–water partition coefficient (Wildman–Crippen LogP) is 5.18. The molecule has 2 rings (SSSR count). The summed E-state index contributed by atoms with van der Waals surface area (Å²) >= 11 is 0. The summed E-state index contributed by atoms with van der Waals surface area (Å²) in [6.45, 7) is 4.58. The second kappa shape index (κ2) is 12.2. The molecule has 0 spiro atoms. The molecular formula is C21H36N4O2S. The van der Waals surface area contributed by atoms with Crippen LogP contribution in [-0.2, 0) is 10.0 Å². The molecule has 1 aromatic rings. The maximum Gasteiger partial charge on any atom is 0.244 e. The molecule has 0 atom stereocenters. The van der Waals surface area contributed by atoms with E-state index in [1.54, 1.807) is 12.1 Å². The van der Waals surface area contributed by atoms with Gasteiger partial charge < -0.3 is 0 Å². The van der Waals surface area contributed by atoms with Crippen molar-refractivity contribution in [1.29, 1.82) is 0 Å². The molecule has 1 N–H and O–H groups in total. The lowest BCUT2D eigenvalue weighted by Gasteiger charge is -2.18. The highest BCUT2D eigenvalue weighted by Crippen LogP contribution is 2.18. The lowest BCUT2D eigenvalue weighted by molar-refractivity contribution is 0.445. The van der Waals surface area contributed by atoms with Crippen LogP contribution >= 0.6 is 0 Å². The van der Waals surface area contributed by atoms with Crippen LogP contribution in [-0.4, -0.2) is 36.5 Å². The Morgan fingerprint density at radius 1 is 0.929 bits per heavy atom. The molecule has 0 radical (unpaired) electrons. The lowest BCUT2D eigenvalue weighted by atomic mass is 10.00. The van der Waals surface area contributed by atoms with Gasteiger partial charge in [-0.2, -0.15) is 9.41 Å². The normalized spacial score (nSPS) is 17.6. The fraction of sp³-hybridized carbons (Fsp3) is 0.714. The zero-order valence-electron chi connectivity index (χ0n) is 17.5. The average Bonchev–Trinajstić information content (AvgIpc) is 2.68. The maximum atomic E-state index is 12.5. The molecule has 0 amide bonds. The Morgan fingerprint density at radius 2 is 1.46 bits per heavy atom. The number of nitrogens with one attached hydrogen (secondary N) is 1. The Balaban J connectivity index is 1.99. The van der Waals surface area contributed by atoms with Gasteiger partial charge in [0.15, 0.2) is 0 Å². The quantitative estimate of drug-likeness (QED) is 0.658. The molecular weight excluding hydrogens is 372 g/mol. The Bertz CT molecular complexity index is 684. The number of nitrogens with zero attached hydrogens (tertiary/aromatic N) is 3. The van der Waals surface area contributed by atoms with E-state index in [2.05, 4.69) is 15.5 Å². The fourth-order valence-corrected chi connectivity index (χ4v) is 4.98. The zero-order valence-corrected chi connectivity index (χ0v) is 18.3. The van der Waals surface area contributed by atoms with Crippen LogP contribution in [0.25, 0.3) is 0 Å². The molecule has 1 aliphatic rings. The molecule has 28 heavy (non-hydrogen) atoms. The molecule has 1 saturated carbocycles. The van der Waals surface area contributed by atoms with Crippen LogP contribution in [0.3, 0.4) is 0 Å². The van der Waals surface area contributed by atoms with Gasteiger partial charge in [-0.05, 0) is 37.8 Å². The highest BCUT2D eigenvalue weighted by Gasteiger charge is 2.21. The van der Waals surface area contributed by atoms with E-state index in [0.29, 0.717) is 18.9 Å². The van der Waals surface area contributed by atoms with Crippen molar-refractivity contribution in [2.75, 3.05) is 18.5 Å². The fourth-order valence-electron chi connectivity index (χ4n) is 3.58. The summed E-state index contributed by atoms with van der Waals surface area (Å²) in [5.41, 5.74) is 4.23. The second-order valence-corrected chi connectivity index (χ2v) is 9.38. The first-order valence-electron chi connectivity index (χ1n) is 10.9. The SMILES string of the molecule is CCN(CC)S(=O)(=O)c1ccc(NN=C2CCCCCCCCCCC2)nc1. The summed E-state index contributed by atoms with van der Waals surface area (Å²) in [6.07, 6.45) is 15.1. The van der Waals surface area contributed by atoms with E-state index in [9.17, 15) is 8.42 Å². The smallest absolute Gasteiger partial charge is 0.244 e. The summed E-state index contributed by atoms with van der Waals surface area (Å²) in [7, 11) is -3.47. The number of sulfonamides is 1. The number of pyridine rings is 1. The monoisotopic (exact) mass is 408 g/mol. The van der Waals surface area contributed by atoms with Gasteiger partial charge in [0, 0.05) is 25.0 Å². The molecule has 0 saturated heterocycles. The van der Waals surface area contributed by atoms with Crippen molar-refractivity contribution in [3.8, 4) is 0 Å². The van der Waals surface area contributed by atoms with Crippen molar-refractivity contribution in [3.05, 3.63) is 18.3 Å². The van der Waals surface area contributed by atoms with Gasteiger partial charge in [-0.25, -0.2) is 13.4 Å². The van der Waals surface area contributed by atoms with E-state index >= 15 is 0 Å². The third kappa shape index (κ3) is 7.17. The molecule has 0 unspecified atom stereocenters. The highest BCUT2D eigenvalue weighted by atomic mass is 32.2. The third-order valence-corrected chi connectivity index (χ3v) is 7.37. The molecule has 158 valence electrons. The highest BCUT2D eigenvalue weighted by molar-refractivity contribution is 7.89. The summed E-state index contributed by atoms with van der Waals surface area (Å²) in [5, 5.41) is 4.59. The molecule has 1 fully saturated rings. The van der Waals surface area contributed by atoms with Crippen molar-refractivity contribution in [3.63, 3.8) is 0 Å². The Hall–Kier alpha value is -1.47. The molecule has 1 aliphatic carbocycles. The molecule has 1 aromatic heterocycles. The van der Waals surface area contributed by atoms with Crippen molar-refractivity contribution in [2.45, 2.75) is 89.4 Å². The first kappa shape index (κ1) is 22.8. The van der Waals surface area contributed by atoms with Crippen molar-refractivity contribution < 1.29 is 8.42 Å². The van der Waals surface area contributed by atoms with Crippen LogP contribution in [0.4, 0.5) is 5.82 Å². The van der Waals surface area contributed by atoms with Crippen molar-refractivity contribution in [2.24, 2.45) is 5.10 Å². The first-order valence-corrected chi connectivity index (χ1v) is 12.3. The molecule has 7 heteroatoms. The van der Waals surface area contributed by atoms with Gasteiger partial charge in [-0.1, -0.05) is 58.8 Å². The van der Waals surface area contributed by atoms with Crippen LogP contribution in [0.2, 0.25) is 0 Å². The van der Waals surface area contributed by atoms with Crippen molar-refractivity contribution >= 4 is 21.6 Å². The van der Waals surface area contributed by atoms with E-state index in [-0.39, 0.29) is 4.90 Å². The van der Waals surface area contributed by atoms with Gasteiger partial charge in [0.05, 0.1) is 0 Å². The minimum Gasteiger partial charge on any atom is -0.261 e. The molecule has 0 bridgehead atoms. The number of hydrazone groups is 1. The zero-order chi connectivity index (χ0) is 20.2. The molecule has 6 nitrogen and oxygen atoms in total. The standard InChI is InChI=1S/C21H36N4O2S/c1-3-25(4-2)28(26,27)20-16-17-21(22-18-20)24-23-19-14-12-10-8-6-5-7-9-11-13-15-19/h16-18H,3-15H2,1-2H3,(H,22,24). The molecule has 1 heterocycles. The summed E-state index contributed by atoms with van der Waals surface area (Å²) in [4.78, 5) is 4.48. The number of rotatable bonds is 6. The van der Waals surface area contributed by atoms with Gasteiger partial charge >= 0.3 is 0 Å². The number of hydrogen-bond acceptors (Lipinski definition) is 5. The number of aromatic nitrogens is 1. The second-order valence-electron chi connectivity index (χ2n) is 7.44. The third-order valence-electron chi connectivity index (χ3n) is 5.34. The summed E-state index contributed by atoms with van der Waals surface area (Å²) in [6, 6.07) is 3.29. The minimum absolute atomic E-state index is 0.223. The minimum atomic E-state index is -3.47. The Kier molecular flexibility index (Phi) is 9.92. The van der Waals surface area contributed by atoms with Gasteiger partial charge in [-0.15, -0.1) is 0 Å². The van der Waals surface area contributed by atoms with Gasteiger partial charge in [0.2, 0.25) is 10.0 Å². The average molecular weight is 409 g/mol. The maximum absolute atomic E-state index is 12.5. The lowest BCUT2D eigenvalue weighted by Crippen LogP contribution is -2.30. The largest absolute Gasteiger partial charge is 0.261 e. The van der Waals surface area contributed by atoms with E-state index in [1.807, 2.05) is 13.8 Å². The van der Waals surface area contributed by atoms with Gasteiger partial charge in [0.25, 0.3) is 0 Å². The topological polar surface area (TPSA) is 74.7 Å². The van der Waals surface area contributed by atoms with Crippen LogP contribution in [0.15, 0.2) is 28.3 Å². The summed E-state index contributed by atoms with van der Waals surface area (Å²) < 4.78 is 26.5. The van der Waals surface area contributed by atoms with Crippen molar-refractivity contribution in [1.82, 2.24) is 9.29 Å². The van der Waals surface area contributed by atoms with E-state index < -0.39 is 10.0 Å². The van der Waals surface area contributed by atoms with Crippen LogP contribution in [0.5, 0.6) is 0 Å². The first-order chi connectivity index (χ1) is 13.6. The molecule has 0 aromatic carbocycles. The van der Waals surface area contributed by atoms with Gasteiger partial charge in [0.1, 0.15) is 10.7 Å². The molecule has 0 aliphatic heterocycles. The van der Waals surface area contributed by atoms with Crippen LogP contribution in [0.1, 0.15) is 84.5 Å². The van der Waals surface area contributed by atoms with Gasteiger partial charge in [-0.3, -0.25) is 5.43 Å². The van der Waals surface area contributed by atoms with E-state index in [1.165, 1.54) is 74.0 Å². The van der Waals surface area contributed by atoms with E-state index in [0.717, 1.165) is 12.8 Å². The van der Waals surface area contributed by atoms with Crippen LogP contribution < -0.4 is 5.43 Å². The summed E-state index contributed by atoms with van der Waals surface area (Å²) in [5.74, 6) is 0.581. The van der Waals surface area contributed by atoms with E-state index in [4.69, 9.17) is 0 Å². The predicted molar refractivity (Wildman–Crippen MR) is 116 cm³/mol. The Labute approximate surface area is 170 Å².